The monoisotopic (exact) mass is 580 g/mol. The average molecular weight is 581 g/mol. The van der Waals surface area contributed by atoms with Gasteiger partial charge in [0.15, 0.2) is 0 Å². The molecule has 7 aromatic rings. The molecular formula is C38H30P2S. The highest BCUT2D eigenvalue weighted by molar-refractivity contribution is 7.93. The normalized spacial score (nSPS) is 12.1. The van der Waals surface area contributed by atoms with Gasteiger partial charge in [-0.25, -0.2) is 0 Å². The molecule has 7 rings (SSSR count). The molecule has 6 aromatic carbocycles. The van der Waals surface area contributed by atoms with Crippen LogP contribution in [0.25, 0.3) is 20.2 Å². The first kappa shape index (κ1) is 26.1. The summed E-state index contributed by atoms with van der Waals surface area (Å²) in [7, 11) is 0. The lowest BCUT2D eigenvalue weighted by Gasteiger charge is -2.27. The molecule has 0 amide bonds. The summed E-state index contributed by atoms with van der Waals surface area (Å²) >= 11 is 1.87. The van der Waals surface area contributed by atoms with Crippen LogP contribution in [0, 0.1) is 0 Å². The standard InChI is InChI=1S/C38H30P2S/c1-39(29-15-7-3-8-16-29,30-17-9-4-10-18-30)33-23-25-37-35(27-33)36-28-34(24-26-38(36)41-37)40(2,31-19-11-5-12-20-31)32-21-13-6-14-22-32/h3-28H,1-2H2. The van der Waals surface area contributed by atoms with Crippen LogP contribution in [0.15, 0.2) is 158 Å². The number of rotatable bonds is 6. The van der Waals surface area contributed by atoms with E-state index < -0.39 is 13.8 Å². The van der Waals surface area contributed by atoms with Gasteiger partial charge in [-0.2, -0.15) is 0 Å². The first-order valence-corrected chi connectivity index (χ1v) is 18.5. The zero-order valence-electron chi connectivity index (χ0n) is 22.7. The fourth-order valence-corrected chi connectivity index (χ4v) is 12.8. The number of hydrogen-bond donors (Lipinski definition) is 0. The fraction of sp³-hybridized carbons (Fsp3) is 0. The Balaban J connectivity index is 1.47. The van der Waals surface area contributed by atoms with Crippen molar-refractivity contribution >= 4 is 89.7 Å². The third-order valence-corrected chi connectivity index (χ3v) is 16.3. The minimum absolute atomic E-state index is 1.29. The van der Waals surface area contributed by atoms with Crippen LogP contribution in [0.4, 0.5) is 0 Å². The van der Waals surface area contributed by atoms with Gasteiger partial charge in [0.2, 0.25) is 0 Å². The third-order valence-electron chi connectivity index (χ3n) is 8.11. The summed E-state index contributed by atoms with van der Waals surface area (Å²) in [5, 5.41) is 10.4. The molecule has 0 aliphatic heterocycles. The molecule has 0 atom stereocenters. The molecule has 198 valence electrons. The van der Waals surface area contributed by atoms with Crippen LogP contribution >= 0.6 is 25.1 Å². The topological polar surface area (TPSA) is 0 Å². The van der Waals surface area contributed by atoms with E-state index in [9.17, 15) is 0 Å². The van der Waals surface area contributed by atoms with Crippen LogP contribution in [0.5, 0.6) is 0 Å². The van der Waals surface area contributed by atoms with Gasteiger partial charge in [0, 0.05) is 20.2 Å². The highest BCUT2D eigenvalue weighted by Crippen LogP contribution is 2.46. The molecule has 3 heteroatoms. The maximum atomic E-state index is 5.00. The molecular weight excluding hydrogens is 550 g/mol. The molecule has 0 fully saturated rings. The van der Waals surface area contributed by atoms with Crippen LogP contribution in [0.3, 0.4) is 0 Å². The Hall–Kier alpha value is -3.86. The van der Waals surface area contributed by atoms with Crippen molar-refractivity contribution in [2.45, 2.75) is 0 Å². The van der Waals surface area contributed by atoms with E-state index in [1.165, 1.54) is 52.0 Å². The van der Waals surface area contributed by atoms with E-state index in [4.69, 9.17) is 12.6 Å². The third kappa shape index (κ3) is 4.37. The van der Waals surface area contributed by atoms with Crippen molar-refractivity contribution in [3.05, 3.63) is 158 Å². The minimum Gasteiger partial charge on any atom is -0.135 e. The van der Waals surface area contributed by atoms with E-state index in [0.717, 1.165) is 0 Å². The Kier molecular flexibility index (Phi) is 6.69. The molecule has 1 aromatic heterocycles. The summed E-state index contributed by atoms with van der Waals surface area (Å²) < 4.78 is 2.61. The molecule has 0 saturated carbocycles. The summed E-state index contributed by atoms with van der Waals surface area (Å²) in [5.74, 6) is 0. The summed E-state index contributed by atoms with van der Waals surface area (Å²) in [5.41, 5.74) is 0. The first-order valence-electron chi connectivity index (χ1n) is 13.8. The maximum Gasteiger partial charge on any atom is 0.0355 e. The van der Waals surface area contributed by atoms with Crippen molar-refractivity contribution in [3.8, 4) is 0 Å². The van der Waals surface area contributed by atoms with Crippen molar-refractivity contribution in [3.63, 3.8) is 0 Å². The van der Waals surface area contributed by atoms with Crippen molar-refractivity contribution in [2.75, 3.05) is 0 Å². The quantitative estimate of drug-likeness (QED) is 0.179. The SMILES string of the molecule is C=P(c1ccccc1)(c1ccccc1)c1ccc2sc3ccc(P(=C)(c4ccccc4)c4ccccc4)cc3c2c1. The van der Waals surface area contributed by atoms with Gasteiger partial charge >= 0.3 is 0 Å². The average Bonchev–Trinajstić information content (AvgIpc) is 3.43. The Bertz CT molecular complexity index is 1840. The molecule has 0 aliphatic carbocycles. The molecule has 0 nitrogen and oxygen atoms in total. The van der Waals surface area contributed by atoms with Crippen LogP contribution < -0.4 is 31.8 Å². The molecule has 0 saturated heterocycles. The van der Waals surface area contributed by atoms with Crippen molar-refractivity contribution < 1.29 is 0 Å². The van der Waals surface area contributed by atoms with Crippen molar-refractivity contribution in [1.29, 1.82) is 0 Å². The molecule has 0 radical (unpaired) electrons. The lowest BCUT2D eigenvalue weighted by atomic mass is 10.1. The highest BCUT2D eigenvalue weighted by Gasteiger charge is 2.25. The second kappa shape index (κ2) is 10.5. The van der Waals surface area contributed by atoms with Gasteiger partial charge in [-0.15, -0.1) is 11.3 Å². The van der Waals surface area contributed by atoms with E-state index in [1.54, 1.807) is 0 Å². The van der Waals surface area contributed by atoms with Gasteiger partial charge < -0.3 is 0 Å². The van der Waals surface area contributed by atoms with Crippen molar-refractivity contribution in [2.24, 2.45) is 0 Å². The number of thiophene rings is 1. The number of hydrogen-bond acceptors (Lipinski definition) is 1. The van der Waals surface area contributed by atoms with E-state index in [2.05, 4.69) is 158 Å². The molecule has 0 bridgehead atoms. The first-order chi connectivity index (χ1) is 20.1. The zero-order valence-corrected chi connectivity index (χ0v) is 25.3. The fourth-order valence-electron chi connectivity index (χ4n) is 5.85. The Labute approximate surface area is 246 Å². The lowest BCUT2D eigenvalue weighted by molar-refractivity contribution is 1.75. The summed E-state index contributed by atoms with van der Waals surface area (Å²) in [6, 6.07) is 57.4. The van der Waals surface area contributed by atoms with E-state index in [-0.39, 0.29) is 0 Å². The van der Waals surface area contributed by atoms with Crippen LogP contribution in [0.1, 0.15) is 0 Å². The van der Waals surface area contributed by atoms with Crippen molar-refractivity contribution in [1.82, 2.24) is 0 Å². The largest absolute Gasteiger partial charge is 0.135 e. The zero-order chi connectivity index (χ0) is 27.9. The molecule has 0 unspecified atom stereocenters. The van der Waals surface area contributed by atoms with E-state index in [0.29, 0.717) is 0 Å². The summed E-state index contributed by atoms with van der Waals surface area (Å²) in [4.78, 5) is 0. The Morgan fingerprint density at radius 2 is 0.634 bits per heavy atom. The second-order valence-corrected chi connectivity index (χ2v) is 17.8. The number of benzene rings is 6. The van der Waals surface area contributed by atoms with Crippen LogP contribution in [-0.4, -0.2) is 12.6 Å². The Morgan fingerprint density at radius 1 is 0.341 bits per heavy atom. The highest BCUT2D eigenvalue weighted by atomic mass is 32.1. The predicted octanol–water partition coefficient (Wildman–Crippen LogP) is 7.51. The van der Waals surface area contributed by atoms with Gasteiger partial charge in [-0.3, -0.25) is 0 Å². The number of fused-ring (bicyclic) bond motifs is 3. The molecule has 41 heavy (non-hydrogen) atoms. The lowest BCUT2D eigenvalue weighted by Crippen LogP contribution is -2.25. The van der Waals surface area contributed by atoms with Gasteiger partial charge in [0.1, 0.15) is 0 Å². The van der Waals surface area contributed by atoms with E-state index in [1.807, 2.05) is 11.3 Å². The molecule has 0 N–H and O–H groups in total. The predicted molar refractivity (Wildman–Crippen MR) is 191 cm³/mol. The van der Waals surface area contributed by atoms with E-state index >= 15 is 0 Å². The summed E-state index contributed by atoms with van der Waals surface area (Å²) in [6.07, 6.45) is 10.00. The smallest absolute Gasteiger partial charge is 0.0355 e. The van der Waals surface area contributed by atoms with Gasteiger partial charge in [0.05, 0.1) is 0 Å². The molecule has 1 heterocycles. The minimum atomic E-state index is -2.08. The second-order valence-electron chi connectivity index (χ2n) is 10.4. The van der Waals surface area contributed by atoms with Gasteiger partial charge in [-0.1, -0.05) is 146 Å². The molecule has 0 spiro atoms. The summed E-state index contributed by atoms with van der Waals surface area (Å²) in [6.45, 7) is -4.15. The van der Waals surface area contributed by atoms with Crippen LogP contribution in [-0.2, 0) is 0 Å². The Morgan fingerprint density at radius 3 is 0.927 bits per heavy atom. The van der Waals surface area contributed by atoms with Crippen LogP contribution in [0.2, 0.25) is 0 Å². The van der Waals surface area contributed by atoms with Gasteiger partial charge in [0.25, 0.3) is 0 Å². The van der Waals surface area contributed by atoms with Gasteiger partial charge in [-0.05, 0) is 69.9 Å². The maximum absolute atomic E-state index is 5.00. The molecule has 0 aliphatic rings.